The normalized spacial score (nSPS) is 17.9. The van der Waals surface area contributed by atoms with E-state index in [9.17, 15) is 5.11 Å². The van der Waals surface area contributed by atoms with Crippen LogP contribution in [0.5, 0.6) is 0 Å². The number of nitrogens with one attached hydrogen (secondary N) is 2. The summed E-state index contributed by atoms with van der Waals surface area (Å²) in [7, 11) is 0. The number of aliphatic hydroxyl groups excluding tert-OH is 1. The average molecular weight is 235 g/mol. The Morgan fingerprint density at radius 3 is 2.88 bits per heavy atom. The number of piperazine rings is 1. The second kappa shape index (κ2) is 5.89. The zero-order valence-electron chi connectivity index (χ0n) is 10.3. The van der Waals surface area contributed by atoms with Crippen LogP contribution in [0.2, 0.25) is 0 Å². The van der Waals surface area contributed by atoms with Crippen molar-refractivity contribution < 1.29 is 5.11 Å². The van der Waals surface area contributed by atoms with Crippen LogP contribution in [-0.4, -0.2) is 43.9 Å². The Hall–Kier alpha value is -1.26. The Labute approximate surface area is 103 Å². The van der Waals surface area contributed by atoms with Gasteiger partial charge in [-0.2, -0.15) is 0 Å². The molecule has 0 radical (unpaired) electrons. The van der Waals surface area contributed by atoms with Gasteiger partial charge in [0.25, 0.3) is 0 Å². The summed E-state index contributed by atoms with van der Waals surface area (Å²) >= 11 is 0. The van der Waals surface area contributed by atoms with Gasteiger partial charge in [-0.1, -0.05) is 6.07 Å². The summed E-state index contributed by atoms with van der Waals surface area (Å²) in [6.07, 6.45) is -0.321. The van der Waals surface area contributed by atoms with E-state index in [2.05, 4.69) is 33.7 Å². The summed E-state index contributed by atoms with van der Waals surface area (Å²) in [5.74, 6) is 0. The molecule has 1 aliphatic heterocycles. The molecule has 2 rings (SSSR count). The predicted octanol–water partition coefficient (Wildman–Crippen LogP) is 0.889. The van der Waals surface area contributed by atoms with Crippen molar-refractivity contribution in [1.29, 1.82) is 0 Å². The van der Waals surface area contributed by atoms with Crippen LogP contribution < -0.4 is 15.5 Å². The predicted molar refractivity (Wildman–Crippen MR) is 71.7 cm³/mol. The smallest absolute Gasteiger partial charge is 0.0684 e. The van der Waals surface area contributed by atoms with Crippen LogP contribution in [-0.2, 0) is 0 Å². The second-order valence-corrected chi connectivity index (χ2v) is 4.52. The molecule has 0 amide bonds. The van der Waals surface area contributed by atoms with Gasteiger partial charge < -0.3 is 20.6 Å². The SMILES string of the molecule is CC(O)CNc1cccc(N2CCNCC2)c1. The molecule has 17 heavy (non-hydrogen) atoms. The Bertz CT molecular complexity index is 348. The number of nitrogens with zero attached hydrogens (tertiary/aromatic N) is 1. The van der Waals surface area contributed by atoms with Gasteiger partial charge in [-0.3, -0.25) is 0 Å². The first-order valence-corrected chi connectivity index (χ1v) is 6.23. The van der Waals surface area contributed by atoms with Crippen molar-refractivity contribution in [3.05, 3.63) is 24.3 Å². The van der Waals surface area contributed by atoms with Crippen LogP contribution in [0.15, 0.2) is 24.3 Å². The van der Waals surface area contributed by atoms with Crippen LogP contribution in [0.1, 0.15) is 6.92 Å². The fraction of sp³-hybridized carbons (Fsp3) is 0.538. The number of benzene rings is 1. The molecule has 94 valence electrons. The molecule has 0 bridgehead atoms. The van der Waals surface area contributed by atoms with E-state index in [0.717, 1.165) is 31.9 Å². The molecule has 3 N–H and O–H groups in total. The first kappa shape index (κ1) is 12.2. The van der Waals surface area contributed by atoms with Crippen LogP contribution in [0, 0.1) is 0 Å². The van der Waals surface area contributed by atoms with Crippen LogP contribution >= 0.6 is 0 Å². The van der Waals surface area contributed by atoms with Crippen molar-refractivity contribution in [2.24, 2.45) is 0 Å². The van der Waals surface area contributed by atoms with Crippen molar-refractivity contribution >= 4 is 11.4 Å². The van der Waals surface area contributed by atoms with E-state index >= 15 is 0 Å². The number of anilines is 2. The van der Waals surface area contributed by atoms with Gasteiger partial charge in [0, 0.05) is 44.1 Å². The van der Waals surface area contributed by atoms with Crippen molar-refractivity contribution in [2.75, 3.05) is 42.9 Å². The lowest BCUT2D eigenvalue weighted by Crippen LogP contribution is -2.43. The van der Waals surface area contributed by atoms with Crippen molar-refractivity contribution in [3.8, 4) is 0 Å². The Balaban J connectivity index is 2.00. The largest absolute Gasteiger partial charge is 0.392 e. The molecule has 1 aromatic carbocycles. The van der Waals surface area contributed by atoms with Crippen LogP contribution in [0.3, 0.4) is 0 Å². The molecule has 1 aromatic rings. The van der Waals surface area contributed by atoms with Crippen molar-refractivity contribution in [1.82, 2.24) is 5.32 Å². The maximum atomic E-state index is 9.25. The van der Waals surface area contributed by atoms with Gasteiger partial charge in [0.15, 0.2) is 0 Å². The summed E-state index contributed by atoms with van der Waals surface area (Å²) in [4.78, 5) is 2.38. The lowest BCUT2D eigenvalue weighted by atomic mass is 10.2. The highest BCUT2D eigenvalue weighted by molar-refractivity contribution is 5.58. The molecule has 1 heterocycles. The molecule has 1 fully saturated rings. The lowest BCUT2D eigenvalue weighted by Gasteiger charge is -2.29. The van der Waals surface area contributed by atoms with Gasteiger partial charge in [0.1, 0.15) is 0 Å². The van der Waals surface area contributed by atoms with E-state index < -0.39 is 0 Å². The van der Waals surface area contributed by atoms with Gasteiger partial charge in [0.2, 0.25) is 0 Å². The minimum absolute atomic E-state index is 0.321. The third-order valence-electron chi connectivity index (χ3n) is 2.93. The molecule has 0 aliphatic carbocycles. The second-order valence-electron chi connectivity index (χ2n) is 4.52. The molecule has 0 aromatic heterocycles. The molecule has 1 atom stereocenters. The zero-order valence-corrected chi connectivity index (χ0v) is 10.3. The van der Waals surface area contributed by atoms with Crippen molar-refractivity contribution in [2.45, 2.75) is 13.0 Å². The average Bonchev–Trinajstić information content (AvgIpc) is 2.38. The molecule has 1 aliphatic rings. The van der Waals surface area contributed by atoms with E-state index in [-0.39, 0.29) is 6.10 Å². The Morgan fingerprint density at radius 1 is 1.41 bits per heavy atom. The highest BCUT2D eigenvalue weighted by atomic mass is 16.3. The summed E-state index contributed by atoms with van der Waals surface area (Å²) in [5, 5.41) is 15.8. The summed E-state index contributed by atoms with van der Waals surface area (Å²) < 4.78 is 0. The molecule has 0 spiro atoms. The summed E-state index contributed by atoms with van der Waals surface area (Å²) in [6, 6.07) is 8.38. The van der Waals surface area contributed by atoms with E-state index in [4.69, 9.17) is 0 Å². The quantitative estimate of drug-likeness (QED) is 0.725. The number of hydrogen-bond donors (Lipinski definition) is 3. The fourth-order valence-electron chi connectivity index (χ4n) is 2.00. The minimum Gasteiger partial charge on any atom is -0.392 e. The first-order chi connectivity index (χ1) is 8.25. The third kappa shape index (κ3) is 3.61. The Kier molecular flexibility index (Phi) is 4.23. The molecule has 1 unspecified atom stereocenters. The minimum atomic E-state index is -0.321. The van der Waals surface area contributed by atoms with E-state index in [0.29, 0.717) is 6.54 Å². The summed E-state index contributed by atoms with van der Waals surface area (Å²) in [6.45, 7) is 6.58. The monoisotopic (exact) mass is 235 g/mol. The van der Waals surface area contributed by atoms with Gasteiger partial charge in [0.05, 0.1) is 6.10 Å². The lowest BCUT2D eigenvalue weighted by molar-refractivity contribution is 0.208. The number of rotatable bonds is 4. The van der Waals surface area contributed by atoms with Gasteiger partial charge >= 0.3 is 0 Å². The maximum absolute atomic E-state index is 9.25. The zero-order chi connectivity index (χ0) is 12.1. The summed E-state index contributed by atoms with van der Waals surface area (Å²) in [5.41, 5.74) is 2.32. The number of aliphatic hydroxyl groups is 1. The highest BCUT2D eigenvalue weighted by Crippen LogP contribution is 2.19. The first-order valence-electron chi connectivity index (χ1n) is 6.23. The molecule has 0 saturated carbocycles. The third-order valence-corrected chi connectivity index (χ3v) is 2.93. The Morgan fingerprint density at radius 2 is 2.18 bits per heavy atom. The maximum Gasteiger partial charge on any atom is 0.0684 e. The standard InChI is InChI=1S/C13H21N3O/c1-11(17)10-15-12-3-2-4-13(9-12)16-7-5-14-6-8-16/h2-4,9,11,14-15,17H,5-8,10H2,1H3. The molecule has 4 heteroatoms. The molecular formula is C13H21N3O. The van der Waals surface area contributed by atoms with Gasteiger partial charge in [-0.15, -0.1) is 0 Å². The fourth-order valence-corrected chi connectivity index (χ4v) is 2.00. The van der Waals surface area contributed by atoms with Gasteiger partial charge in [-0.25, -0.2) is 0 Å². The number of hydrogen-bond acceptors (Lipinski definition) is 4. The van der Waals surface area contributed by atoms with E-state index in [1.54, 1.807) is 6.92 Å². The highest BCUT2D eigenvalue weighted by Gasteiger charge is 2.10. The van der Waals surface area contributed by atoms with Gasteiger partial charge in [-0.05, 0) is 25.1 Å². The molecular weight excluding hydrogens is 214 g/mol. The van der Waals surface area contributed by atoms with Crippen molar-refractivity contribution in [3.63, 3.8) is 0 Å². The molecule has 4 nitrogen and oxygen atoms in total. The topological polar surface area (TPSA) is 47.5 Å². The van der Waals surface area contributed by atoms with Crippen LogP contribution in [0.4, 0.5) is 11.4 Å². The molecule has 1 saturated heterocycles. The van der Waals surface area contributed by atoms with Crippen LogP contribution in [0.25, 0.3) is 0 Å². The van der Waals surface area contributed by atoms with E-state index in [1.807, 2.05) is 6.07 Å². The van der Waals surface area contributed by atoms with E-state index in [1.165, 1.54) is 5.69 Å².